The molecule has 24 heavy (non-hydrogen) atoms. The predicted molar refractivity (Wildman–Crippen MR) is 90.5 cm³/mol. The number of carbonyl (C=O) groups excluding carboxylic acids is 1. The second-order valence-electron chi connectivity index (χ2n) is 6.21. The van der Waals surface area contributed by atoms with Crippen LogP contribution in [0.5, 0.6) is 0 Å². The van der Waals surface area contributed by atoms with Gasteiger partial charge in [-0.2, -0.15) is 10.4 Å². The van der Waals surface area contributed by atoms with Gasteiger partial charge in [-0.25, -0.2) is 4.68 Å². The fourth-order valence-electron chi connectivity index (χ4n) is 1.97. The van der Waals surface area contributed by atoms with E-state index in [2.05, 4.69) is 10.4 Å². The Morgan fingerprint density at radius 3 is 2.58 bits per heavy atom. The number of hydrogen-bond acceptors (Lipinski definition) is 5. The molecule has 2 rings (SSSR count). The molecule has 126 valence electrons. The first kappa shape index (κ1) is 17.5. The number of aliphatic hydroxyl groups is 1. The third-order valence-corrected chi connectivity index (χ3v) is 4.15. The van der Waals surface area contributed by atoms with Gasteiger partial charge < -0.3 is 16.2 Å². The summed E-state index contributed by atoms with van der Waals surface area (Å²) in [5.74, 6) is 0.00797. The minimum absolute atomic E-state index is 0.0253. The summed E-state index contributed by atoms with van der Waals surface area (Å²) in [5.41, 5.74) is 6.29. The Morgan fingerprint density at radius 1 is 1.46 bits per heavy atom. The number of anilines is 1. The highest BCUT2D eigenvalue weighted by molar-refractivity contribution is 5.94. The molecule has 1 amide bonds. The number of nitrogens with two attached hydrogens (primary N) is 1. The quantitative estimate of drug-likeness (QED) is 0.768. The summed E-state index contributed by atoms with van der Waals surface area (Å²) in [7, 11) is 0. The molecule has 0 saturated heterocycles. The highest BCUT2D eigenvalue weighted by Gasteiger charge is 2.25. The van der Waals surface area contributed by atoms with Crippen LogP contribution in [0.1, 0.15) is 36.7 Å². The van der Waals surface area contributed by atoms with Crippen molar-refractivity contribution in [2.24, 2.45) is 5.92 Å². The third-order valence-electron chi connectivity index (χ3n) is 4.15. The smallest absolute Gasteiger partial charge is 0.251 e. The zero-order valence-corrected chi connectivity index (χ0v) is 13.9. The fraction of sp³-hybridized carbons (Fsp3) is 0.353. The van der Waals surface area contributed by atoms with Gasteiger partial charge in [0, 0.05) is 12.1 Å². The van der Waals surface area contributed by atoms with Crippen LogP contribution in [0, 0.1) is 17.2 Å². The molecule has 1 unspecified atom stereocenters. The van der Waals surface area contributed by atoms with Gasteiger partial charge in [0.25, 0.3) is 5.91 Å². The first-order valence-corrected chi connectivity index (χ1v) is 7.61. The van der Waals surface area contributed by atoms with Crippen LogP contribution in [-0.2, 0) is 0 Å². The van der Waals surface area contributed by atoms with E-state index in [0.29, 0.717) is 16.8 Å². The van der Waals surface area contributed by atoms with Crippen molar-refractivity contribution in [3.63, 3.8) is 0 Å². The lowest BCUT2D eigenvalue weighted by Crippen LogP contribution is -2.44. The number of hydrogen-bond donors (Lipinski definition) is 3. The molecule has 7 nitrogen and oxygen atoms in total. The molecule has 0 spiro atoms. The van der Waals surface area contributed by atoms with Crippen molar-refractivity contribution in [2.45, 2.75) is 26.4 Å². The molecule has 1 aromatic heterocycles. The van der Waals surface area contributed by atoms with Gasteiger partial charge in [0.05, 0.1) is 17.5 Å². The predicted octanol–water partition coefficient (Wildman–Crippen LogP) is 1.46. The number of aromatic nitrogens is 2. The number of amides is 1. The molecule has 0 bridgehead atoms. The zero-order chi connectivity index (χ0) is 17.9. The molecule has 0 radical (unpaired) electrons. The number of nitriles is 1. The van der Waals surface area contributed by atoms with Crippen molar-refractivity contribution in [3.05, 3.63) is 41.6 Å². The molecule has 0 saturated carbocycles. The van der Waals surface area contributed by atoms with Crippen molar-refractivity contribution in [2.75, 3.05) is 12.3 Å². The Morgan fingerprint density at radius 2 is 2.08 bits per heavy atom. The highest BCUT2D eigenvalue weighted by Crippen LogP contribution is 2.17. The minimum atomic E-state index is -0.965. The van der Waals surface area contributed by atoms with Gasteiger partial charge >= 0.3 is 0 Å². The number of carbonyl (C=O) groups is 1. The molecule has 1 atom stereocenters. The zero-order valence-electron chi connectivity index (χ0n) is 13.9. The normalized spacial score (nSPS) is 13.3. The minimum Gasteiger partial charge on any atom is -0.388 e. The monoisotopic (exact) mass is 327 g/mol. The van der Waals surface area contributed by atoms with Crippen LogP contribution in [0.2, 0.25) is 0 Å². The number of nitrogens with one attached hydrogen (secondary N) is 1. The molecule has 4 N–H and O–H groups in total. The van der Waals surface area contributed by atoms with Crippen LogP contribution in [0.15, 0.2) is 30.5 Å². The Kier molecular flexibility index (Phi) is 4.90. The van der Waals surface area contributed by atoms with Gasteiger partial charge in [-0.15, -0.1) is 0 Å². The van der Waals surface area contributed by atoms with Crippen LogP contribution < -0.4 is 11.1 Å². The molecule has 1 heterocycles. The maximum Gasteiger partial charge on any atom is 0.251 e. The Bertz CT molecular complexity index is 769. The van der Waals surface area contributed by atoms with Crippen molar-refractivity contribution in [1.82, 2.24) is 15.1 Å². The number of nitrogen functional groups attached to an aromatic ring is 1. The summed E-state index contributed by atoms with van der Waals surface area (Å²) in [6.45, 7) is 5.65. The molecule has 0 aliphatic carbocycles. The Hall–Kier alpha value is -2.85. The lowest BCUT2D eigenvalue weighted by molar-refractivity contribution is 0.0142. The van der Waals surface area contributed by atoms with Gasteiger partial charge in [0.1, 0.15) is 17.5 Å². The summed E-state index contributed by atoms with van der Waals surface area (Å²) in [6, 6.07) is 8.63. The van der Waals surface area contributed by atoms with E-state index >= 15 is 0 Å². The van der Waals surface area contributed by atoms with E-state index in [-0.39, 0.29) is 24.2 Å². The van der Waals surface area contributed by atoms with Crippen molar-refractivity contribution in [3.8, 4) is 11.8 Å². The van der Waals surface area contributed by atoms with Gasteiger partial charge in [0.15, 0.2) is 0 Å². The maximum absolute atomic E-state index is 12.2. The van der Waals surface area contributed by atoms with Crippen molar-refractivity contribution >= 4 is 11.7 Å². The molecule has 7 heteroatoms. The van der Waals surface area contributed by atoms with E-state index in [4.69, 9.17) is 11.0 Å². The molecular weight excluding hydrogens is 306 g/mol. The average Bonchev–Trinajstić information content (AvgIpc) is 2.93. The molecule has 0 fully saturated rings. The summed E-state index contributed by atoms with van der Waals surface area (Å²) < 4.78 is 1.43. The standard InChI is InChI=1S/C17H21N5O2/c1-11(2)17(3,24)10-20-16(23)12-4-6-14(7-5-12)22-15(19)13(8-18)9-21-22/h4-7,9,11,24H,10,19H2,1-3H3,(H,20,23). The summed E-state index contributed by atoms with van der Waals surface area (Å²) >= 11 is 0. The topological polar surface area (TPSA) is 117 Å². The van der Waals surface area contributed by atoms with Gasteiger partial charge in [0.2, 0.25) is 0 Å². The largest absolute Gasteiger partial charge is 0.388 e. The van der Waals surface area contributed by atoms with E-state index in [1.165, 1.54) is 10.9 Å². The van der Waals surface area contributed by atoms with Gasteiger partial charge in [-0.3, -0.25) is 4.79 Å². The van der Waals surface area contributed by atoms with Gasteiger partial charge in [-0.05, 0) is 37.1 Å². The Labute approximate surface area is 140 Å². The second-order valence-corrected chi connectivity index (χ2v) is 6.21. The SMILES string of the molecule is CC(C)C(C)(O)CNC(=O)c1ccc(-n2ncc(C#N)c2N)cc1. The average molecular weight is 327 g/mol. The van der Waals surface area contributed by atoms with Crippen LogP contribution in [0.3, 0.4) is 0 Å². The lowest BCUT2D eigenvalue weighted by Gasteiger charge is -2.27. The first-order valence-electron chi connectivity index (χ1n) is 7.61. The second kappa shape index (κ2) is 6.72. The van der Waals surface area contributed by atoms with E-state index in [0.717, 1.165) is 0 Å². The van der Waals surface area contributed by atoms with Crippen LogP contribution in [0.4, 0.5) is 5.82 Å². The number of nitrogens with zero attached hydrogens (tertiary/aromatic N) is 3. The lowest BCUT2D eigenvalue weighted by atomic mass is 9.92. The van der Waals surface area contributed by atoms with Crippen molar-refractivity contribution in [1.29, 1.82) is 5.26 Å². The molecule has 0 aliphatic rings. The number of benzene rings is 1. The highest BCUT2D eigenvalue weighted by atomic mass is 16.3. The molecular formula is C17H21N5O2. The van der Waals surface area contributed by atoms with Crippen molar-refractivity contribution < 1.29 is 9.90 Å². The molecule has 2 aromatic rings. The van der Waals surface area contributed by atoms with E-state index < -0.39 is 5.60 Å². The van der Waals surface area contributed by atoms with Crippen LogP contribution in [0.25, 0.3) is 5.69 Å². The van der Waals surface area contributed by atoms with E-state index in [1.54, 1.807) is 31.2 Å². The molecule has 0 aliphatic heterocycles. The first-order chi connectivity index (χ1) is 11.3. The summed E-state index contributed by atoms with van der Waals surface area (Å²) in [6.07, 6.45) is 1.39. The Balaban J connectivity index is 2.10. The van der Waals surface area contributed by atoms with E-state index in [1.807, 2.05) is 19.9 Å². The maximum atomic E-state index is 12.2. The summed E-state index contributed by atoms with van der Waals surface area (Å²) in [5, 5.41) is 25.9. The molecule has 1 aromatic carbocycles. The van der Waals surface area contributed by atoms with Crippen LogP contribution >= 0.6 is 0 Å². The fourth-order valence-corrected chi connectivity index (χ4v) is 1.97. The summed E-state index contributed by atoms with van der Waals surface area (Å²) in [4.78, 5) is 12.2. The van der Waals surface area contributed by atoms with Crippen LogP contribution in [-0.4, -0.2) is 32.9 Å². The third kappa shape index (κ3) is 3.55. The van der Waals surface area contributed by atoms with Gasteiger partial charge in [-0.1, -0.05) is 13.8 Å². The van der Waals surface area contributed by atoms with E-state index in [9.17, 15) is 9.90 Å². The number of rotatable bonds is 5.